The summed E-state index contributed by atoms with van der Waals surface area (Å²) in [5.74, 6) is -3.00. The molecule has 0 radical (unpaired) electrons. The van der Waals surface area contributed by atoms with Gasteiger partial charge in [0.1, 0.15) is 6.10 Å². The fraction of sp³-hybridized carbons (Fsp3) is 0.643. The second-order valence-electron chi connectivity index (χ2n) is 4.44. The first-order valence-electron chi connectivity index (χ1n) is 7.08. The zero-order valence-corrected chi connectivity index (χ0v) is 12.6. The van der Waals surface area contributed by atoms with Crippen molar-refractivity contribution in [1.29, 1.82) is 0 Å². The highest BCUT2D eigenvalue weighted by molar-refractivity contribution is 5.95. The van der Waals surface area contributed by atoms with Crippen LogP contribution in [0.15, 0.2) is 12.5 Å². The zero-order chi connectivity index (χ0) is 15.8. The summed E-state index contributed by atoms with van der Waals surface area (Å²) in [5.41, 5.74) is 0.392. The van der Waals surface area contributed by atoms with Gasteiger partial charge < -0.3 is 19.1 Å². The van der Waals surface area contributed by atoms with Gasteiger partial charge >= 0.3 is 11.9 Å². The normalized spacial score (nSPS) is 12.2. The minimum Gasteiger partial charge on any atom is -0.465 e. The topological polar surface area (TPSA) is 90.6 Å². The number of aromatic nitrogens is 2. The van der Waals surface area contributed by atoms with Crippen molar-refractivity contribution in [2.45, 2.75) is 39.8 Å². The van der Waals surface area contributed by atoms with Crippen LogP contribution < -0.4 is 0 Å². The molecule has 1 unspecified atom stereocenters. The molecule has 0 spiro atoms. The second-order valence-corrected chi connectivity index (χ2v) is 4.44. The van der Waals surface area contributed by atoms with Gasteiger partial charge in [0.05, 0.1) is 31.4 Å². The smallest absolute Gasteiger partial charge is 0.323 e. The molecule has 1 atom stereocenters. The molecule has 118 valence electrons. The van der Waals surface area contributed by atoms with Crippen LogP contribution in [0.4, 0.5) is 0 Å². The predicted octanol–water partition coefficient (Wildman–Crippen LogP) is 1.07. The van der Waals surface area contributed by atoms with Gasteiger partial charge in [-0.1, -0.05) is 6.92 Å². The standard InChI is InChI=1S/C14H22N2O5/c1-4-7-16-9-15-8-10(16)12(17)11(13(18)20-5-2)14(19)21-6-3/h8-9,11-12,17H,4-7H2,1-3H3. The third-order valence-corrected chi connectivity index (χ3v) is 2.91. The first kappa shape index (κ1) is 17.2. The molecular weight excluding hydrogens is 276 g/mol. The van der Waals surface area contributed by atoms with E-state index in [2.05, 4.69) is 4.98 Å². The maximum atomic E-state index is 12.0. The molecule has 21 heavy (non-hydrogen) atoms. The van der Waals surface area contributed by atoms with E-state index >= 15 is 0 Å². The van der Waals surface area contributed by atoms with Crippen molar-refractivity contribution in [1.82, 2.24) is 9.55 Å². The monoisotopic (exact) mass is 298 g/mol. The van der Waals surface area contributed by atoms with E-state index in [9.17, 15) is 14.7 Å². The highest BCUT2D eigenvalue weighted by atomic mass is 16.6. The Balaban J connectivity index is 3.03. The lowest BCUT2D eigenvalue weighted by Gasteiger charge is -2.20. The van der Waals surface area contributed by atoms with E-state index in [1.165, 1.54) is 6.20 Å². The van der Waals surface area contributed by atoms with Crippen molar-refractivity contribution >= 4 is 11.9 Å². The van der Waals surface area contributed by atoms with Crippen molar-refractivity contribution in [3.8, 4) is 0 Å². The fourth-order valence-corrected chi connectivity index (χ4v) is 1.99. The van der Waals surface area contributed by atoms with Gasteiger partial charge in [0.25, 0.3) is 0 Å². The van der Waals surface area contributed by atoms with E-state index in [4.69, 9.17) is 9.47 Å². The maximum Gasteiger partial charge on any atom is 0.323 e. The minimum atomic E-state index is -1.41. The molecule has 1 aromatic heterocycles. The SMILES string of the molecule is CCCn1cncc1C(O)C(C(=O)OCC)C(=O)OCC. The van der Waals surface area contributed by atoms with Crippen LogP contribution >= 0.6 is 0 Å². The van der Waals surface area contributed by atoms with Crippen LogP contribution in [0.3, 0.4) is 0 Å². The molecule has 0 aromatic carbocycles. The van der Waals surface area contributed by atoms with E-state index in [-0.39, 0.29) is 13.2 Å². The number of hydrogen-bond acceptors (Lipinski definition) is 6. The number of aliphatic hydroxyl groups excluding tert-OH is 1. The Morgan fingerprint density at radius 2 is 1.81 bits per heavy atom. The molecule has 0 aliphatic rings. The van der Waals surface area contributed by atoms with Crippen LogP contribution in [0.2, 0.25) is 0 Å². The van der Waals surface area contributed by atoms with E-state index in [0.29, 0.717) is 12.2 Å². The molecule has 0 saturated carbocycles. The number of carbonyl (C=O) groups is 2. The van der Waals surface area contributed by atoms with Gasteiger partial charge in [0.2, 0.25) is 0 Å². The quantitative estimate of drug-likeness (QED) is 0.570. The predicted molar refractivity (Wildman–Crippen MR) is 74.2 cm³/mol. The number of ether oxygens (including phenoxy) is 2. The Hall–Kier alpha value is -1.89. The average molecular weight is 298 g/mol. The van der Waals surface area contributed by atoms with E-state index in [1.54, 1.807) is 24.7 Å². The minimum absolute atomic E-state index is 0.121. The largest absolute Gasteiger partial charge is 0.465 e. The first-order valence-corrected chi connectivity index (χ1v) is 7.08. The summed E-state index contributed by atoms with van der Waals surface area (Å²) in [6.45, 7) is 6.11. The Morgan fingerprint density at radius 1 is 1.24 bits per heavy atom. The van der Waals surface area contributed by atoms with Gasteiger partial charge in [-0.05, 0) is 20.3 Å². The Morgan fingerprint density at radius 3 is 2.29 bits per heavy atom. The van der Waals surface area contributed by atoms with Gasteiger partial charge in [-0.15, -0.1) is 0 Å². The van der Waals surface area contributed by atoms with Crippen LogP contribution in [0.1, 0.15) is 39.0 Å². The van der Waals surface area contributed by atoms with Crippen LogP contribution in [-0.2, 0) is 25.6 Å². The molecule has 0 aliphatic carbocycles. The molecule has 1 rings (SSSR count). The molecule has 7 heteroatoms. The van der Waals surface area contributed by atoms with E-state index in [0.717, 1.165) is 6.42 Å². The fourth-order valence-electron chi connectivity index (χ4n) is 1.99. The molecule has 1 heterocycles. The second kappa shape index (κ2) is 8.41. The summed E-state index contributed by atoms with van der Waals surface area (Å²) in [6.07, 6.45) is 2.47. The average Bonchev–Trinajstić information content (AvgIpc) is 2.88. The summed E-state index contributed by atoms with van der Waals surface area (Å²) in [4.78, 5) is 27.9. The van der Waals surface area contributed by atoms with Crippen LogP contribution in [0.25, 0.3) is 0 Å². The number of esters is 2. The Bertz CT molecular complexity index is 454. The Kier molecular flexibility index (Phi) is 6.87. The number of carbonyl (C=O) groups excluding carboxylic acids is 2. The lowest BCUT2D eigenvalue weighted by molar-refractivity contribution is -0.167. The molecule has 0 saturated heterocycles. The van der Waals surface area contributed by atoms with E-state index in [1.807, 2.05) is 6.92 Å². The molecule has 0 fully saturated rings. The number of nitrogens with zero attached hydrogens (tertiary/aromatic N) is 2. The van der Waals surface area contributed by atoms with Crippen molar-refractivity contribution < 1.29 is 24.2 Å². The molecule has 1 N–H and O–H groups in total. The first-order chi connectivity index (χ1) is 10.1. The third-order valence-electron chi connectivity index (χ3n) is 2.91. The number of hydrogen-bond donors (Lipinski definition) is 1. The lowest BCUT2D eigenvalue weighted by Crippen LogP contribution is -2.34. The third kappa shape index (κ3) is 4.29. The maximum absolute atomic E-state index is 12.0. The lowest BCUT2D eigenvalue weighted by atomic mass is 10.00. The summed E-state index contributed by atoms with van der Waals surface area (Å²) in [7, 11) is 0. The highest BCUT2D eigenvalue weighted by Gasteiger charge is 2.38. The van der Waals surface area contributed by atoms with Gasteiger partial charge in [-0.25, -0.2) is 4.98 Å². The van der Waals surface area contributed by atoms with E-state index < -0.39 is 24.0 Å². The summed E-state index contributed by atoms with van der Waals surface area (Å²) in [6, 6.07) is 0. The zero-order valence-electron chi connectivity index (χ0n) is 12.6. The van der Waals surface area contributed by atoms with Crippen molar-refractivity contribution in [2.75, 3.05) is 13.2 Å². The van der Waals surface area contributed by atoms with Crippen molar-refractivity contribution in [2.24, 2.45) is 5.92 Å². The molecule has 7 nitrogen and oxygen atoms in total. The van der Waals surface area contributed by atoms with Crippen molar-refractivity contribution in [3.63, 3.8) is 0 Å². The molecule has 0 amide bonds. The molecular formula is C14H22N2O5. The number of aryl methyl sites for hydroxylation is 1. The summed E-state index contributed by atoms with van der Waals surface area (Å²) >= 11 is 0. The number of aliphatic hydroxyl groups is 1. The van der Waals surface area contributed by atoms with Gasteiger partial charge in [0, 0.05) is 6.54 Å². The molecule has 0 aliphatic heterocycles. The van der Waals surface area contributed by atoms with Gasteiger partial charge in [-0.3, -0.25) is 9.59 Å². The summed E-state index contributed by atoms with van der Waals surface area (Å²) in [5, 5.41) is 10.4. The molecule has 0 bridgehead atoms. The number of rotatable bonds is 8. The Labute approximate surface area is 123 Å². The van der Waals surface area contributed by atoms with Crippen LogP contribution in [0, 0.1) is 5.92 Å². The van der Waals surface area contributed by atoms with Crippen LogP contribution in [0.5, 0.6) is 0 Å². The number of imidazole rings is 1. The highest BCUT2D eigenvalue weighted by Crippen LogP contribution is 2.25. The van der Waals surface area contributed by atoms with Gasteiger partial charge in [0.15, 0.2) is 5.92 Å². The van der Waals surface area contributed by atoms with Crippen LogP contribution in [-0.4, -0.2) is 39.8 Å². The van der Waals surface area contributed by atoms with Gasteiger partial charge in [-0.2, -0.15) is 0 Å². The molecule has 1 aromatic rings. The summed E-state index contributed by atoms with van der Waals surface area (Å²) < 4.78 is 11.4. The van der Waals surface area contributed by atoms with Crippen molar-refractivity contribution in [3.05, 3.63) is 18.2 Å².